The van der Waals surface area contributed by atoms with Crippen molar-refractivity contribution in [2.45, 2.75) is 58.5 Å². The van der Waals surface area contributed by atoms with Gasteiger partial charge in [0, 0.05) is 0 Å². The molecule has 3 heteroatoms. The molecule has 3 nitrogen and oxygen atoms in total. The maximum absolute atomic E-state index is 11.0. The lowest BCUT2D eigenvalue weighted by molar-refractivity contribution is -0.0148. The third-order valence-corrected chi connectivity index (χ3v) is 4.59. The summed E-state index contributed by atoms with van der Waals surface area (Å²) in [5, 5.41) is 11.0. The molecule has 21 heavy (non-hydrogen) atoms. The van der Waals surface area contributed by atoms with Crippen LogP contribution in [0.3, 0.4) is 0 Å². The first-order chi connectivity index (χ1) is 10.1. The van der Waals surface area contributed by atoms with E-state index in [9.17, 15) is 5.11 Å². The van der Waals surface area contributed by atoms with Gasteiger partial charge in [0.25, 0.3) is 0 Å². The minimum atomic E-state index is -0.706. The highest BCUT2D eigenvalue weighted by atomic mass is 16.5. The molecule has 1 aliphatic rings. The summed E-state index contributed by atoms with van der Waals surface area (Å²) in [4.78, 5) is 0. The van der Waals surface area contributed by atoms with Crippen molar-refractivity contribution in [1.29, 1.82) is 0 Å². The van der Waals surface area contributed by atoms with Crippen LogP contribution in [-0.4, -0.2) is 18.3 Å². The van der Waals surface area contributed by atoms with Gasteiger partial charge in [0.2, 0.25) is 0 Å². The van der Waals surface area contributed by atoms with Crippen LogP contribution in [0.2, 0.25) is 0 Å². The Balaban J connectivity index is 2.21. The maximum atomic E-state index is 11.0. The summed E-state index contributed by atoms with van der Waals surface area (Å²) >= 11 is 0. The van der Waals surface area contributed by atoms with Crippen LogP contribution < -0.4 is 9.47 Å². The molecule has 0 aliphatic heterocycles. The van der Waals surface area contributed by atoms with Crippen molar-refractivity contribution in [1.82, 2.24) is 0 Å². The molecule has 0 unspecified atom stereocenters. The largest absolute Gasteiger partial charge is 0.490 e. The molecule has 1 aromatic carbocycles. The minimum absolute atomic E-state index is 0.597. The molecule has 1 N–H and O–H groups in total. The minimum Gasteiger partial charge on any atom is -0.490 e. The Hall–Kier alpha value is -1.22. The van der Waals surface area contributed by atoms with Crippen molar-refractivity contribution in [2.24, 2.45) is 5.92 Å². The second kappa shape index (κ2) is 7.17. The average Bonchev–Trinajstić information content (AvgIpc) is 2.50. The molecule has 0 bridgehead atoms. The highest BCUT2D eigenvalue weighted by Gasteiger charge is 2.34. The van der Waals surface area contributed by atoms with Gasteiger partial charge in [-0.1, -0.05) is 19.4 Å². The quantitative estimate of drug-likeness (QED) is 0.851. The summed E-state index contributed by atoms with van der Waals surface area (Å²) in [5.74, 6) is 2.26. The molecule has 0 spiro atoms. The topological polar surface area (TPSA) is 38.7 Å². The Morgan fingerprint density at radius 2 is 1.67 bits per heavy atom. The van der Waals surface area contributed by atoms with E-state index in [0.29, 0.717) is 13.2 Å². The predicted octanol–water partition coefficient (Wildman–Crippen LogP) is 4.27. The zero-order valence-corrected chi connectivity index (χ0v) is 13.5. The van der Waals surface area contributed by atoms with Gasteiger partial charge >= 0.3 is 0 Å². The molecular formula is C18H28O3. The Bertz CT molecular complexity index is 448. The molecule has 118 valence electrons. The van der Waals surface area contributed by atoms with Gasteiger partial charge in [-0.05, 0) is 63.1 Å². The predicted molar refractivity (Wildman–Crippen MR) is 84.9 cm³/mol. The van der Waals surface area contributed by atoms with Gasteiger partial charge in [0.05, 0.1) is 18.8 Å². The Morgan fingerprint density at radius 3 is 2.24 bits per heavy atom. The van der Waals surface area contributed by atoms with Crippen molar-refractivity contribution in [3.05, 3.63) is 23.8 Å². The van der Waals surface area contributed by atoms with E-state index in [4.69, 9.17) is 9.47 Å². The second-order valence-corrected chi connectivity index (χ2v) is 5.91. The summed E-state index contributed by atoms with van der Waals surface area (Å²) in [6.45, 7) is 7.37. The highest BCUT2D eigenvalue weighted by Crippen LogP contribution is 2.42. The summed E-state index contributed by atoms with van der Waals surface area (Å²) in [7, 11) is 0. The Labute approximate surface area is 128 Å². The van der Waals surface area contributed by atoms with Gasteiger partial charge in [0.15, 0.2) is 11.5 Å². The number of hydrogen-bond acceptors (Lipinski definition) is 3. The van der Waals surface area contributed by atoms with Crippen molar-refractivity contribution < 1.29 is 14.6 Å². The third-order valence-electron chi connectivity index (χ3n) is 4.59. The van der Waals surface area contributed by atoms with Crippen molar-refractivity contribution in [2.75, 3.05) is 13.2 Å². The molecule has 0 saturated heterocycles. The van der Waals surface area contributed by atoms with E-state index in [1.165, 1.54) is 6.42 Å². The van der Waals surface area contributed by atoms with Gasteiger partial charge in [0.1, 0.15) is 0 Å². The first-order valence-electron chi connectivity index (χ1n) is 8.25. The number of benzene rings is 1. The fourth-order valence-electron chi connectivity index (χ4n) is 3.19. The maximum Gasteiger partial charge on any atom is 0.161 e. The fraction of sp³-hybridized carbons (Fsp3) is 0.667. The monoisotopic (exact) mass is 292 g/mol. The number of aliphatic hydroxyl groups is 1. The molecule has 0 heterocycles. The SMILES string of the molecule is CCOc1ccc(C2(O)CCC(CC)CC2)cc1OCC. The molecule has 0 amide bonds. The Morgan fingerprint density at radius 1 is 1.05 bits per heavy atom. The summed E-state index contributed by atoms with van der Waals surface area (Å²) in [5.41, 5.74) is 0.256. The van der Waals surface area contributed by atoms with E-state index < -0.39 is 5.60 Å². The lowest BCUT2D eigenvalue weighted by atomic mass is 9.74. The number of hydrogen-bond donors (Lipinski definition) is 1. The van der Waals surface area contributed by atoms with Crippen LogP contribution in [0.15, 0.2) is 18.2 Å². The highest BCUT2D eigenvalue weighted by molar-refractivity contribution is 5.44. The van der Waals surface area contributed by atoms with Crippen LogP contribution in [-0.2, 0) is 5.60 Å². The van der Waals surface area contributed by atoms with E-state index in [-0.39, 0.29) is 0 Å². The van der Waals surface area contributed by atoms with E-state index in [1.807, 2.05) is 32.0 Å². The molecule has 1 aromatic rings. The van der Waals surface area contributed by atoms with E-state index in [2.05, 4.69) is 6.92 Å². The first kappa shape index (κ1) is 16.2. The lowest BCUT2D eigenvalue weighted by Gasteiger charge is -2.36. The average molecular weight is 292 g/mol. The zero-order chi connectivity index (χ0) is 15.3. The molecule has 0 atom stereocenters. The summed E-state index contributed by atoms with van der Waals surface area (Å²) in [6, 6.07) is 5.87. The smallest absolute Gasteiger partial charge is 0.161 e. The van der Waals surface area contributed by atoms with Crippen molar-refractivity contribution >= 4 is 0 Å². The second-order valence-electron chi connectivity index (χ2n) is 5.91. The Kier molecular flexibility index (Phi) is 5.51. The van der Waals surface area contributed by atoms with Crippen LogP contribution in [0, 0.1) is 5.92 Å². The first-order valence-corrected chi connectivity index (χ1v) is 8.25. The van der Waals surface area contributed by atoms with Crippen molar-refractivity contribution in [3.8, 4) is 11.5 Å². The summed E-state index contributed by atoms with van der Waals surface area (Å²) in [6.07, 6.45) is 5.09. The standard InChI is InChI=1S/C18H28O3/c1-4-14-9-11-18(19,12-10-14)15-7-8-16(20-5-2)17(13-15)21-6-3/h7-8,13-14,19H,4-6,9-12H2,1-3H3. The normalized spacial score (nSPS) is 25.6. The van der Waals surface area contributed by atoms with Gasteiger partial charge in [-0.3, -0.25) is 0 Å². The molecule has 1 saturated carbocycles. The lowest BCUT2D eigenvalue weighted by Crippen LogP contribution is -2.31. The van der Waals surface area contributed by atoms with Gasteiger partial charge in [-0.2, -0.15) is 0 Å². The van der Waals surface area contributed by atoms with Crippen LogP contribution in [0.4, 0.5) is 0 Å². The molecule has 1 fully saturated rings. The summed E-state index contributed by atoms with van der Waals surface area (Å²) < 4.78 is 11.3. The molecule has 0 radical (unpaired) electrons. The van der Waals surface area contributed by atoms with Crippen LogP contribution in [0.25, 0.3) is 0 Å². The number of ether oxygens (including phenoxy) is 2. The van der Waals surface area contributed by atoms with E-state index in [1.54, 1.807) is 0 Å². The number of rotatable bonds is 6. The van der Waals surface area contributed by atoms with E-state index >= 15 is 0 Å². The van der Waals surface area contributed by atoms with Gasteiger partial charge < -0.3 is 14.6 Å². The van der Waals surface area contributed by atoms with Crippen LogP contribution in [0.5, 0.6) is 11.5 Å². The fourth-order valence-corrected chi connectivity index (χ4v) is 3.19. The van der Waals surface area contributed by atoms with E-state index in [0.717, 1.165) is 48.7 Å². The van der Waals surface area contributed by atoms with Crippen LogP contribution >= 0.6 is 0 Å². The molecular weight excluding hydrogens is 264 g/mol. The molecule has 2 rings (SSSR count). The van der Waals surface area contributed by atoms with Crippen molar-refractivity contribution in [3.63, 3.8) is 0 Å². The molecule has 1 aliphatic carbocycles. The van der Waals surface area contributed by atoms with Gasteiger partial charge in [-0.15, -0.1) is 0 Å². The van der Waals surface area contributed by atoms with Crippen LogP contribution in [0.1, 0.15) is 58.4 Å². The van der Waals surface area contributed by atoms with Gasteiger partial charge in [-0.25, -0.2) is 0 Å². The molecule has 0 aromatic heterocycles. The zero-order valence-electron chi connectivity index (χ0n) is 13.5. The third kappa shape index (κ3) is 3.70.